The lowest BCUT2D eigenvalue weighted by atomic mass is 10.2. The van der Waals surface area contributed by atoms with Crippen molar-refractivity contribution >= 4 is 27.9 Å². The van der Waals surface area contributed by atoms with Gasteiger partial charge in [-0.15, -0.1) is 0 Å². The smallest absolute Gasteiger partial charge is 0.373 e. The van der Waals surface area contributed by atoms with Gasteiger partial charge in [0.25, 0.3) is 0 Å². The molecule has 0 N–H and O–H groups in total. The second kappa shape index (κ2) is 6.74. The van der Waals surface area contributed by atoms with Gasteiger partial charge in [-0.25, -0.2) is 0 Å². The largest absolute Gasteiger partial charge is 0.416 e. The molecular formula is C15H13BrF4N2O. The van der Waals surface area contributed by atoms with E-state index in [-0.39, 0.29) is 12.2 Å². The van der Waals surface area contributed by atoms with Crippen LogP contribution in [0.15, 0.2) is 34.8 Å². The lowest BCUT2D eigenvalue weighted by Crippen LogP contribution is -2.24. The Morgan fingerprint density at radius 1 is 1.26 bits per heavy atom. The maximum absolute atomic E-state index is 13.7. The fourth-order valence-corrected chi connectivity index (χ4v) is 2.63. The maximum atomic E-state index is 13.7. The fraction of sp³-hybridized carbons (Fsp3) is 0.267. The number of rotatable bonds is 5. The van der Waals surface area contributed by atoms with Crippen molar-refractivity contribution in [2.45, 2.75) is 12.7 Å². The lowest BCUT2D eigenvalue weighted by molar-refractivity contribution is -0.137. The van der Waals surface area contributed by atoms with E-state index >= 15 is 0 Å². The van der Waals surface area contributed by atoms with E-state index in [1.807, 2.05) is 0 Å². The van der Waals surface area contributed by atoms with Gasteiger partial charge in [0.15, 0.2) is 12.2 Å². The van der Waals surface area contributed by atoms with Gasteiger partial charge in [0.2, 0.25) is 0 Å². The summed E-state index contributed by atoms with van der Waals surface area (Å²) in [5, 5.41) is 0. The first-order chi connectivity index (χ1) is 10.7. The maximum Gasteiger partial charge on any atom is 0.416 e. The molecule has 0 spiro atoms. The minimum Gasteiger partial charge on any atom is -0.373 e. The molecule has 0 aliphatic heterocycles. The van der Waals surface area contributed by atoms with Crippen LogP contribution in [0.4, 0.5) is 23.2 Å². The molecule has 2 aromatic rings. The summed E-state index contributed by atoms with van der Waals surface area (Å²) in [6, 6.07) is 5.89. The summed E-state index contributed by atoms with van der Waals surface area (Å²) in [5.41, 5.74) is 0.0267. The van der Waals surface area contributed by atoms with Crippen molar-refractivity contribution in [3.63, 3.8) is 0 Å². The van der Waals surface area contributed by atoms with Gasteiger partial charge in [0.05, 0.1) is 11.3 Å². The third-order valence-corrected chi connectivity index (χ3v) is 4.08. The molecule has 0 aliphatic carbocycles. The van der Waals surface area contributed by atoms with Crippen LogP contribution in [0.2, 0.25) is 0 Å². The number of hydrogen-bond donors (Lipinski definition) is 0. The van der Waals surface area contributed by atoms with E-state index < -0.39 is 17.7 Å². The molecule has 124 valence electrons. The molecule has 0 atom stereocenters. The van der Waals surface area contributed by atoms with Gasteiger partial charge < -0.3 is 9.47 Å². The van der Waals surface area contributed by atoms with Crippen LogP contribution >= 0.6 is 15.9 Å². The third kappa shape index (κ3) is 3.93. The van der Waals surface area contributed by atoms with Gasteiger partial charge in [0, 0.05) is 36.4 Å². The number of aromatic nitrogens is 1. The Hall–Kier alpha value is -1.83. The highest BCUT2D eigenvalue weighted by Gasteiger charge is 2.30. The zero-order valence-electron chi connectivity index (χ0n) is 12.1. The van der Waals surface area contributed by atoms with Crippen molar-refractivity contribution in [1.29, 1.82) is 0 Å². The number of carbonyl (C=O) groups is 1. The molecule has 0 radical (unpaired) electrons. The predicted octanol–water partition coefficient (Wildman–Crippen LogP) is 4.36. The number of halogens is 5. The number of anilines is 1. The van der Waals surface area contributed by atoms with E-state index in [0.717, 1.165) is 12.1 Å². The van der Waals surface area contributed by atoms with Gasteiger partial charge in [-0.1, -0.05) is 0 Å². The topological polar surface area (TPSA) is 25.2 Å². The Morgan fingerprint density at radius 3 is 2.39 bits per heavy atom. The van der Waals surface area contributed by atoms with E-state index in [0.29, 0.717) is 23.0 Å². The average Bonchev–Trinajstić information content (AvgIpc) is 2.77. The Bertz CT molecular complexity index is 695. The second-order valence-corrected chi connectivity index (χ2v) is 5.79. The molecule has 1 heterocycles. The molecule has 1 aromatic heterocycles. The SMILES string of the molecule is CN(CCn1c(F)cc(Br)c1C=O)c1ccc(C(F)(F)F)cc1. The third-order valence-electron chi connectivity index (χ3n) is 3.45. The highest BCUT2D eigenvalue weighted by molar-refractivity contribution is 9.10. The molecule has 3 nitrogen and oxygen atoms in total. The standard InChI is InChI=1S/C15H13BrF4N2O/c1-21(11-4-2-10(3-5-11)15(18,19)20)6-7-22-13(9-23)12(16)8-14(22)17/h2-5,8-9H,6-7H2,1H3. The summed E-state index contributed by atoms with van der Waals surface area (Å²) in [6.45, 7) is 0.507. The highest BCUT2D eigenvalue weighted by Crippen LogP contribution is 2.30. The number of nitrogens with zero attached hydrogens (tertiary/aromatic N) is 2. The monoisotopic (exact) mass is 392 g/mol. The molecule has 0 fully saturated rings. The summed E-state index contributed by atoms with van der Waals surface area (Å²) < 4.78 is 52.9. The Morgan fingerprint density at radius 2 is 1.87 bits per heavy atom. The molecule has 0 saturated carbocycles. The van der Waals surface area contributed by atoms with Crippen LogP contribution in [-0.4, -0.2) is 24.4 Å². The van der Waals surface area contributed by atoms with E-state index in [9.17, 15) is 22.4 Å². The Balaban J connectivity index is 2.08. The van der Waals surface area contributed by atoms with Crippen molar-refractivity contribution in [3.8, 4) is 0 Å². The number of likely N-dealkylation sites (N-methyl/N-ethyl adjacent to an activating group) is 1. The summed E-state index contributed by atoms with van der Waals surface area (Å²) in [4.78, 5) is 12.7. The van der Waals surface area contributed by atoms with Crippen LogP contribution < -0.4 is 4.90 Å². The van der Waals surface area contributed by atoms with Gasteiger partial charge >= 0.3 is 6.18 Å². The molecule has 0 bridgehead atoms. The van der Waals surface area contributed by atoms with Gasteiger partial charge in [-0.05, 0) is 40.2 Å². The van der Waals surface area contributed by atoms with Crippen LogP contribution in [0, 0.1) is 5.95 Å². The number of aldehydes is 1. The average molecular weight is 393 g/mol. The minimum absolute atomic E-state index is 0.184. The van der Waals surface area contributed by atoms with Crippen molar-refractivity contribution in [1.82, 2.24) is 4.57 Å². The molecular weight excluding hydrogens is 380 g/mol. The van der Waals surface area contributed by atoms with Crippen molar-refractivity contribution in [2.75, 3.05) is 18.5 Å². The number of benzene rings is 1. The zero-order chi connectivity index (χ0) is 17.2. The van der Waals surface area contributed by atoms with Crippen molar-refractivity contribution in [2.24, 2.45) is 0 Å². The van der Waals surface area contributed by atoms with Crippen LogP contribution in [0.3, 0.4) is 0 Å². The lowest BCUT2D eigenvalue weighted by Gasteiger charge is -2.20. The molecule has 1 aromatic carbocycles. The normalized spacial score (nSPS) is 11.6. The first kappa shape index (κ1) is 17.5. The Labute approximate surface area is 138 Å². The summed E-state index contributed by atoms with van der Waals surface area (Å²) >= 11 is 3.09. The number of carbonyl (C=O) groups excluding carboxylic acids is 1. The highest BCUT2D eigenvalue weighted by atomic mass is 79.9. The van der Waals surface area contributed by atoms with Crippen LogP contribution in [-0.2, 0) is 12.7 Å². The summed E-state index contributed by atoms with van der Waals surface area (Å²) in [6.07, 6.45) is -3.83. The Kier molecular flexibility index (Phi) is 5.13. The molecule has 0 amide bonds. The first-order valence-electron chi connectivity index (χ1n) is 6.62. The van der Waals surface area contributed by atoms with E-state index in [2.05, 4.69) is 15.9 Å². The van der Waals surface area contributed by atoms with Gasteiger partial charge in [-0.3, -0.25) is 4.79 Å². The van der Waals surface area contributed by atoms with E-state index in [4.69, 9.17) is 0 Å². The van der Waals surface area contributed by atoms with Crippen molar-refractivity contribution in [3.05, 3.63) is 52.0 Å². The molecule has 0 unspecified atom stereocenters. The van der Waals surface area contributed by atoms with Crippen LogP contribution in [0.1, 0.15) is 16.1 Å². The summed E-state index contributed by atoms with van der Waals surface area (Å²) in [5.74, 6) is -0.556. The minimum atomic E-state index is -4.38. The first-order valence-corrected chi connectivity index (χ1v) is 7.41. The van der Waals surface area contributed by atoms with E-state index in [1.54, 1.807) is 11.9 Å². The predicted molar refractivity (Wildman–Crippen MR) is 82.2 cm³/mol. The molecule has 0 saturated heterocycles. The molecule has 0 aliphatic rings. The van der Waals surface area contributed by atoms with Crippen LogP contribution in [0.25, 0.3) is 0 Å². The molecule has 8 heteroatoms. The molecule has 2 rings (SSSR count). The van der Waals surface area contributed by atoms with Crippen LogP contribution in [0.5, 0.6) is 0 Å². The van der Waals surface area contributed by atoms with Gasteiger partial charge in [-0.2, -0.15) is 17.6 Å². The van der Waals surface area contributed by atoms with Gasteiger partial charge in [0.1, 0.15) is 0 Å². The van der Waals surface area contributed by atoms with Crippen molar-refractivity contribution < 1.29 is 22.4 Å². The fourth-order valence-electron chi connectivity index (χ4n) is 2.13. The van der Waals surface area contributed by atoms with E-state index in [1.165, 1.54) is 22.8 Å². The quantitative estimate of drug-likeness (QED) is 0.557. The number of alkyl halides is 3. The zero-order valence-corrected chi connectivity index (χ0v) is 13.7. The summed E-state index contributed by atoms with van der Waals surface area (Å²) in [7, 11) is 1.68. The molecule has 23 heavy (non-hydrogen) atoms. The second-order valence-electron chi connectivity index (χ2n) is 4.94. The number of hydrogen-bond acceptors (Lipinski definition) is 2.